The molecular weight excluding hydrogens is 458 g/mol. The van der Waals surface area contributed by atoms with E-state index in [-0.39, 0.29) is 16.1 Å². The number of ether oxygens (including phenoxy) is 1. The molecule has 0 saturated heterocycles. The van der Waals surface area contributed by atoms with Gasteiger partial charge in [0.05, 0.1) is 21.7 Å². The molecule has 1 aromatic heterocycles. The van der Waals surface area contributed by atoms with Gasteiger partial charge in [-0.05, 0) is 54.6 Å². The van der Waals surface area contributed by atoms with Crippen LogP contribution in [0.25, 0.3) is 10.2 Å². The van der Waals surface area contributed by atoms with Gasteiger partial charge in [-0.2, -0.15) is 0 Å². The molecule has 1 heterocycles. The first-order valence-electron chi connectivity index (χ1n) is 8.99. The zero-order valence-electron chi connectivity index (χ0n) is 16.1. The highest BCUT2D eigenvalue weighted by Gasteiger charge is 2.16. The van der Waals surface area contributed by atoms with Crippen LogP contribution in [0.4, 0.5) is 10.8 Å². The summed E-state index contributed by atoms with van der Waals surface area (Å²) >= 11 is 7.43. The summed E-state index contributed by atoms with van der Waals surface area (Å²) in [4.78, 5) is 17.1. The lowest BCUT2D eigenvalue weighted by Crippen LogP contribution is -2.15. The number of thiazole rings is 1. The molecule has 0 aliphatic carbocycles. The minimum atomic E-state index is -3.82. The number of rotatable bonds is 6. The summed E-state index contributed by atoms with van der Waals surface area (Å²) in [6.45, 7) is 0. The number of sulfonamides is 1. The van der Waals surface area contributed by atoms with Crippen LogP contribution in [-0.2, 0) is 10.0 Å². The standard InChI is InChI=1S/C21H16ClN3O4S2/c1-29-15-8-10-16(11-9-15)31(27,28)25-14-5-2-4-13(12-14)20(26)24-21-23-19-17(22)6-3-7-18(19)30-21/h2-12,25H,1H3,(H,23,24,26). The van der Waals surface area contributed by atoms with Crippen molar-refractivity contribution in [2.45, 2.75) is 4.90 Å². The highest BCUT2D eigenvalue weighted by molar-refractivity contribution is 7.92. The topological polar surface area (TPSA) is 97.4 Å². The second kappa shape index (κ2) is 8.54. The third-order valence-electron chi connectivity index (χ3n) is 4.34. The van der Waals surface area contributed by atoms with Crippen LogP contribution >= 0.6 is 22.9 Å². The Morgan fingerprint density at radius 2 is 1.81 bits per heavy atom. The molecule has 10 heteroatoms. The molecule has 0 aliphatic rings. The number of aromatic nitrogens is 1. The van der Waals surface area contributed by atoms with E-state index in [0.29, 0.717) is 21.4 Å². The van der Waals surface area contributed by atoms with Gasteiger partial charge in [0.2, 0.25) is 0 Å². The fraction of sp³-hybridized carbons (Fsp3) is 0.0476. The minimum absolute atomic E-state index is 0.0782. The summed E-state index contributed by atoms with van der Waals surface area (Å²) in [5.74, 6) is 0.134. The van der Waals surface area contributed by atoms with Crippen molar-refractivity contribution >= 4 is 59.9 Å². The number of halogens is 1. The molecular formula is C21H16ClN3O4S2. The molecule has 0 saturated carbocycles. The van der Waals surface area contributed by atoms with Crippen LogP contribution in [0.15, 0.2) is 71.6 Å². The number of carbonyl (C=O) groups is 1. The van der Waals surface area contributed by atoms with Crippen LogP contribution in [0, 0.1) is 0 Å². The van der Waals surface area contributed by atoms with Crippen LogP contribution in [0.2, 0.25) is 5.02 Å². The Kier molecular flexibility index (Phi) is 5.81. The number of nitrogens with zero attached hydrogens (tertiary/aromatic N) is 1. The van der Waals surface area contributed by atoms with E-state index in [4.69, 9.17) is 16.3 Å². The Balaban J connectivity index is 1.52. The number of hydrogen-bond acceptors (Lipinski definition) is 6. The first-order valence-corrected chi connectivity index (χ1v) is 11.7. The molecule has 0 aliphatic heterocycles. The SMILES string of the molecule is COc1ccc(S(=O)(=O)Nc2cccc(C(=O)Nc3nc4c(Cl)cccc4s3)c2)cc1. The van der Waals surface area contributed by atoms with E-state index in [0.717, 1.165) is 4.70 Å². The van der Waals surface area contributed by atoms with Gasteiger partial charge in [-0.1, -0.05) is 35.1 Å². The number of amides is 1. The zero-order chi connectivity index (χ0) is 22.0. The molecule has 3 aromatic carbocycles. The predicted octanol–water partition coefficient (Wildman–Crippen LogP) is 5.01. The van der Waals surface area contributed by atoms with Gasteiger partial charge in [-0.15, -0.1) is 0 Å². The van der Waals surface area contributed by atoms with Crippen molar-refractivity contribution < 1.29 is 17.9 Å². The maximum atomic E-state index is 12.7. The Morgan fingerprint density at radius 1 is 1.06 bits per heavy atom. The summed E-state index contributed by atoms with van der Waals surface area (Å²) in [6, 6.07) is 17.6. The maximum Gasteiger partial charge on any atom is 0.261 e. The van der Waals surface area contributed by atoms with E-state index >= 15 is 0 Å². The quantitative estimate of drug-likeness (QED) is 0.410. The predicted molar refractivity (Wildman–Crippen MR) is 123 cm³/mol. The molecule has 0 fully saturated rings. The Labute approximate surface area is 187 Å². The number of methoxy groups -OCH3 is 1. The second-order valence-electron chi connectivity index (χ2n) is 6.42. The van der Waals surface area contributed by atoms with Gasteiger partial charge in [-0.3, -0.25) is 14.8 Å². The van der Waals surface area contributed by atoms with Gasteiger partial charge in [0.15, 0.2) is 5.13 Å². The van der Waals surface area contributed by atoms with Gasteiger partial charge in [-0.25, -0.2) is 13.4 Å². The van der Waals surface area contributed by atoms with Crippen molar-refractivity contribution in [1.82, 2.24) is 4.98 Å². The van der Waals surface area contributed by atoms with Crippen LogP contribution in [0.5, 0.6) is 5.75 Å². The number of nitrogens with one attached hydrogen (secondary N) is 2. The summed E-state index contributed by atoms with van der Waals surface area (Å²) in [5, 5.41) is 3.63. The van der Waals surface area contributed by atoms with Crippen molar-refractivity contribution in [2.75, 3.05) is 17.1 Å². The first-order chi connectivity index (χ1) is 14.9. The van der Waals surface area contributed by atoms with E-state index in [1.165, 1.54) is 36.6 Å². The van der Waals surface area contributed by atoms with E-state index in [1.54, 1.807) is 36.4 Å². The molecule has 0 spiro atoms. The van der Waals surface area contributed by atoms with Crippen molar-refractivity contribution in [3.8, 4) is 5.75 Å². The Hall–Kier alpha value is -3.14. The molecule has 0 unspecified atom stereocenters. The Morgan fingerprint density at radius 3 is 2.52 bits per heavy atom. The Bertz CT molecular complexity index is 1370. The molecule has 0 bridgehead atoms. The number of para-hydroxylation sites is 1. The van der Waals surface area contributed by atoms with Gasteiger partial charge in [0.1, 0.15) is 11.3 Å². The van der Waals surface area contributed by atoms with E-state index in [9.17, 15) is 13.2 Å². The number of anilines is 2. The fourth-order valence-electron chi connectivity index (χ4n) is 2.83. The smallest absolute Gasteiger partial charge is 0.261 e. The molecule has 0 atom stereocenters. The van der Waals surface area contributed by atoms with Gasteiger partial charge < -0.3 is 4.74 Å². The minimum Gasteiger partial charge on any atom is -0.497 e. The largest absolute Gasteiger partial charge is 0.497 e. The molecule has 158 valence electrons. The molecule has 7 nitrogen and oxygen atoms in total. The van der Waals surface area contributed by atoms with Crippen molar-refractivity contribution in [2.24, 2.45) is 0 Å². The number of carbonyl (C=O) groups excluding carboxylic acids is 1. The van der Waals surface area contributed by atoms with E-state index in [1.807, 2.05) is 12.1 Å². The average molecular weight is 474 g/mol. The van der Waals surface area contributed by atoms with Gasteiger partial charge >= 0.3 is 0 Å². The molecule has 2 N–H and O–H groups in total. The summed E-state index contributed by atoms with van der Waals surface area (Å²) < 4.78 is 33.6. The second-order valence-corrected chi connectivity index (χ2v) is 9.54. The monoisotopic (exact) mass is 473 g/mol. The third kappa shape index (κ3) is 4.63. The summed E-state index contributed by atoms with van der Waals surface area (Å²) in [5.41, 5.74) is 1.15. The average Bonchev–Trinajstić information content (AvgIpc) is 3.17. The van der Waals surface area contributed by atoms with Gasteiger partial charge in [0.25, 0.3) is 15.9 Å². The normalized spacial score (nSPS) is 11.3. The highest BCUT2D eigenvalue weighted by Crippen LogP contribution is 2.31. The maximum absolute atomic E-state index is 12.7. The lowest BCUT2D eigenvalue weighted by atomic mass is 10.2. The lowest BCUT2D eigenvalue weighted by molar-refractivity contribution is 0.102. The zero-order valence-corrected chi connectivity index (χ0v) is 18.5. The van der Waals surface area contributed by atoms with E-state index in [2.05, 4.69) is 15.0 Å². The first kappa shape index (κ1) is 21.1. The summed E-state index contributed by atoms with van der Waals surface area (Å²) in [6.07, 6.45) is 0. The molecule has 0 radical (unpaired) electrons. The highest BCUT2D eigenvalue weighted by atomic mass is 35.5. The number of benzene rings is 3. The number of fused-ring (bicyclic) bond motifs is 1. The lowest BCUT2D eigenvalue weighted by Gasteiger charge is -2.10. The third-order valence-corrected chi connectivity index (χ3v) is 6.98. The van der Waals surface area contributed by atoms with Crippen molar-refractivity contribution in [3.05, 3.63) is 77.3 Å². The summed E-state index contributed by atoms with van der Waals surface area (Å²) in [7, 11) is -2.32. The molecule has 4 rings (SSSR count). The van der Waals surface area contributed by atoms with Gasteiger partial charge in [0, 0.05) is 11.3 Å². The van der Waals surface area contributed by atoms with E-state index < -0.39 is 15.9 Å². The van der Waals surface area contributed by atoms with Crippen molar-refractivity contribution in [3.63, 3.8) is 0 Å². The van der Waals surface area contributed by atoms with Crippen LogP contribution < -0.4 is 14.8 Å². The molecule has 4 aromatic rings. The molecule has 1 amide bonds. The van der Waals surface area contributed by atoms with Crippen LogP contribution in [-0.4, -0.2) is 26.4 Å². The molecule has 31 heavy (non-hydrogen) atoms. The van der Waals surface area contributed by atoms with Crippen molar-refractivity contribution in [1.29, 1.82) is 0 Å². The number of hydrogen-bond donors (Lipinski definition) is 2. The fourth-order valence-corrected chi connectivity index (χ4v) is 5.04. The van der Waals surface area contributed by atoms with Crippen LogP contribution in [0.3, 0.4) is 0 Å². The van der Waals surface area contributed by atoms with Crippen LogP contribution in [0.1, 0.15) is 10.4 Å².